The molecule has 0 saturated heterocycles. The summed E-state index contributed by atoms with van der Waals surface area (Å²) < 4.78 is 6.46. The molecule has 6 aromatic carbocycles. The number of nitrogens with one attached hydrogen (secondary N) is 2. The van der Waals surface area contributed by atoms with Gasteiger partial charge in [0.05, 0.1) is 11.7 Å². The van der Waals surface area contributed by atoms with Gasteiger partial charge in [0.1, 0.15) is 17.5 Å². The average molecular weight is 647 g/mol. The number of rotatable bonds is 4. The number of anilines is 1. The summed E-state index contributed by atoms with van der Waals surface area (Å²) in [5.74, 6) is 0.977. The maximum Gasteiger partial charge on any atom is 0.149 e. The molecule has 2 unspecified atom stereocenters. The first kappa shape index (κ1) is 29.3. The van der Waals surface area contributed by atoms with Gasteiger partial charge in [-0.2, -0.15) is 0 Å². The molecule has 50 heavy (non-hydrogen) atoms. The number of hydrogen-bond acceptors (Lipinski definition) is 3. The maximum absolute atomic E-state index is 6.46. The molecule has 3 nitrogen and oxygen atoms in total. The van der Waals surface area contributed by atoms with E-state index in [1.807, 2.05) is 6.07 Å². The summed E-state index contributed by atoms with van der Waals surface area (Å²) in [5.41, 5.74) is 15.0. The van der Waals surface area contributed by atoms with Crippen molar-refractivity contribution in [1.29, 1.82) is 0 Å². The van der Waals surface area contributed by atoms with Crippen LogP contribution in [0.4, 0.5) is 5.69 Å². The standard InChI is InChI=1S/C47H38N2O/c1-47(2)38-27-33(25-26-36(38)42-39(47)28-34-17-9-10-18-35(34)41(42)30-13-5-3-6-14-30)29-21-23-32(24-22-29)46-48-43(31-15-7-4-8-16-31)45-44(49-46)37-19-11-12-20-40(37)50-45/h3-7,9-15,17-28,43,46,48-49H,8,16H2,1-2H3. The lowest BCUT2D eigenvalue weighted by atomic mass is 9.80. The lowest BCUT2D eigenvalue weighted by Crippen LogP contribution is -2.37. The van der Waals surface area contributed by atoms with E-state index in [2.05, 4.69) is 164 Å². The van der Waals surface area contributed by atoms with Gasteiger partial charge in [0.25, 0.3) is 0 Å². The third-order valence-corrected chi connectivity index (χ3v) is 11.2. The van der Waals surface area contributed by atoms with Crippen LogP contribution in [0.2, 0.25) is 0 Å². The molecule has 0 amide bonds. The second kappa shape index (κ2) is 11.2. The smallest absolute Gasteiger partial charge is 0.149 e. The van der Waals surface area contributed by atoms with Gasteiger partial charge in [0.15, 0.2) is 0 Å². The SMILES string of the molecule is CC1(C)c2cc(-c3ccc(C4Nc5c(oc6ccccc56)C(C5=CC=CCC5)N4)cc3)ccc2-c2c1cc1ccccc1c2-c1ccccc1. The van der Waals surface area contributed by atoms with Crippen LogP contribution in [-0.4, -0.2) is 0 Å². The Labute approximate surface area is 293 Å². The van der Waals surface area contributed by atoms with Gasteiger partial charge < -0.3 is 9.73 Å². The zero-order chi connectivity index (χ0) is 33.4. The molecule has 0 radical (unpaired) electrons. The average Bonchev–Trinajstić information content (AvgIpc) is 3.66. The van der Waals surface area contributed by atoms with Crippen LogP contribution in [0, 0.1) is 0 Å². The second-order valence-electron chi connectivity index (χ2n) is 14.5. The Kier molecular flexibility index (Phi) is 6.56. The zero-order valence-electron chi connectivity index (χ0n) is 28.3. The molecule has 0 fully saturated rings. The second-order valence-corrected chi connectivity index (χ2v) is 14.5. The minimum atomic E-state index is -0.132. The highest BCUT2D eigenvalue weighted by molar-refractivity contribution is 6.08. The molecule has 2 atom stereocenters. The Morgan fingerprint density at radius 3 is 2.26 bits per heavy atom. The van der Waals surface area contributed by atoms with Crippen molar-refractivity contribution in [3.63, 3.8) is 0 Å². The Bertz CT molecular complexity index is 2520. The van der Waals surface area contributed by atoms with Crippen molar-refractivity contribution in [1.82, 2.24) is 5.32 Å². The number of para-hydroxylation sites is 1. The predicted molar refractivity (Wildman–Crippen MR) is 207 cm³/mol. The van der Waals surface area contributed by atoms with E-state index < -0.39 is 0 Å². The van der Waals surface area contributed by atoms with Crippen LogP contribution in [0.5, 0.6) is 0 Å². The van der Waals surface area contributed by atoms with Crippen molar-refractivity contribution in [3.8, 4) is 33.4 Å². The first-order chi connectivity index (χ1) is 24.5. The van der Waals surface area contributed by atoms with E-state index in [0.717, 1.165) is 35.3 Å². The third-order valence-electron chi connectivity index (χ3n) is 11.2. The van der Waals surface area contributed by atoms with E-state index in [-0.39, 0.29) is 17.6 Å². The molecule has 1 aliphatic heterocycles. The van der Waals surface area contributed by atoms with Crippen molar-refractivity contribution in [2.45, 2.75) is 44.3 Å². The first-order valence-corrected chi connectivity index (χ1v) is 17.8. The summed E-state index contributed by atoms with van der Waals surface area (Å²) in [6, 6.07) is 46.7. The summed E-state index contributed by atoms with van der Waals surface area (Å²) in [7, 11) is 0. The number of benzene rings is 6. The quantitative estimate of drug-likeness (QED) is 0.200. The zero-order valence-corrected chi connectivity index (χ0v) is 28.3. The topological polar surface area (TPSA) is 37.2 Å². The highest BCUT2D eigenvalue weighted by atomic mass is 16.3. The van der Waals surface area contributed by atoms with E-state index in [9.17, 15) is 0 Å². The van der Waals surface area contributed by atoms with Crippen LogP contribution >= 0.6 is 0 Å². The van der Waals surface area contributed by atoms with Gasteiger partial charge >= 0.3 is 0 Å². The van der Waals surface area contributed by atoms with E-state index in [1.165, 1.54) is 66.4 Å². The fourth-order valence-corrected chi connectivity index (χ4v) is 8.66. The molecule has 0 saturated carbocycles. The monoisotopic (exact) mass is 646 g/mol. The van der Waals surface area contributed by atoms with Gasteiger partial charge in [-0.1, -0.05) is 135 Å². The summed E-state index contributed by atoms with van der Waals surface area (Å²) in [5, 5.41) is 11.4. The van der Waals surface area contributed by atoms with Crippen molar-refractivity contribution in [2.75, 3.05) is 5.32 Å². The Morgan fingerprint density at radius 2 is 1.44 bits per heavy atom. The molecule has 242 valence electrons. The third kappa shape index (κ3) is 4.47. The molecule has 3 heteroatoms. The summed E-state index contributed by atoms with van der Waals surface area (Å²) in [6.45, 7) is 4.77. The summed E-state index contributed by atoms with van der Waals surface area (Å²) in [4.78, 5) is 0. The lowest BCUT2D eigenvalue weighted by molar-refractivity contribution is 0.411. The molecule has 2 N–H and O–H groups in total. The normalized spacial score (nSPS) is 18.7. The van der Waals surface area contributed by atoms with Crippen molar-refractivity contribution < 1.29 is 4.42 Å². The predicted octanol–water partition coefficient (Wildman–Crippen LogP) is 12.3. The van der Waals surface area contributed by atoms with Crippen LogP contribution in [-0.2, 0) is 5.41 Å². The molecule has 10 rings (SSSR count). The molecule has 3 aliphatic rings. The minimum Gasteiger partial charge on any atom is -0.457 e. The fraction of sp³-hybridized carbons (Fsp3) is 0.149. The van der Waals surface area contributed by atoms with Crippen molar-refractivity contribution in [3.05, 3.63) is 174 Å². The van der Waals surface area contributed by atoms with Crippen LogP contribution in [0.1, 0.15) is 61.3 Å². The molecule has 2 aliphatic carbocycles. The molecule has 2 heterocycles. The Morgan fingerprint density at radius 1 is 0.680 bits per heavy atom. The van der Waals surface area contributed by atoms with Gasteiger partial charge in [-0.15, -0.1) is 0 Å². The van der Waals surface area contributed by atoms with Gasteiger partial charge in [0, 0.05) is 10.8 Å². The summed E-state index contributed by atoms with van der Waals surface area (Å²) >= 11 is 0. The minimum absolute atomic E-state index is 0.0197. The van der Waals surface area contributed by atoms with E-state index in [4.69, 9.17) is 4.42 Å². The van der Waals surface area contributed by atoms with Gasteiger partial charge in [-0.05, 0) is 104 Å². The molecular formula is C47H38N2O. The molecular weight excluding hydrogens is 609 g/mol. The van der Waals surface area contributed by atoms with Crippen LogP contribution < -0.4 is 10.6 Å². The first-order valence-electron chi connectivity index (χ1n) is 17.8. The van der Waals surface area contributed by atoms with E-state index >= 15 is 0 Å². The number of furan rings is 1. The fourth-order valence-electron chi connectivity index (χ4n) is 8.66. The molecule has 0 spiro atoms. The van der Waals surface area contributed by atoms with E-state index in [1.54, 1.807) is 0 Å². The lowest BCUT2D eigenvalue weighted by Gasteiger charge is -2.34. The molecule has 7 aromatic rings. The van der Waals surface area contributed by atoms with Gasteiger partial charge in [-0.25, -0.2) is 0 Å². The van der Waals surface area contributed by atoms with Crippen molar-refractivity contribution in [2.24, 2.45) is 0 Å². The largest absolute Gasteiger partial charge is 0.457 e. The van der Waals surface area contributed by atoms with Crippen LogP contribution in [0.25, 0.3) is 55.1 Å². The van der Waals surface area contributed by atoms with Crippen LogP contribution in [0.3, 0.4) is 0 Å². The number of allylic oxidation sites excluding steroid dienone is 3. The molecule has 1 aromatic heterocycles. The molecule has 0 bridgehead atoms. The highest BCUT2D eigenvalue weighted by Gasteiger charge is 2.38. The number of fused-ring (bicyclic) bond motifs is 7. The van der Waals surface area contributed by atoms with Crippen molar-refractivity contribution >= 4 is 27.4 Å². The Hall–Kier alpha value is -5.64. The number of hydrogen-bond donors (Lipinski definition) is 2. The summed E-state index contributed by atoms with van der Waals surface area (Å²) in [6.07, 6.45) is 8.70. The maximum atomic E-state index is 6.46. The van der Waals surface area contributed by atoms with E-state index in [0.29, 0.717) is 0 Å². The highest BCUT2D eigenvalue weighted by Crippen LogP contribution is 2.55. The van der Waals surface area contributed by atoms with Gasteiger partial charge in [-0.3, -0.25) is 5.32 Å². The van der Waals surface area contributed by atoms with Gasteiger partial charge in [0.2, 0.25) is 0 Å². The van der Waals surface area contributed by atoms with Crippen LogP contribution in [0.15, 0.2) is 156 Å². The Balaban J connectivity index is 1.03.